The van der Waals surface area contributed by atoms with Crippen LogP contribution in [0.5, 0.6) is 0 Å². The van der Waals surface area contributed by atoms with Gasteiger partial charge in [-0.15, -0.1) is 0 Å². The van der Waals surface area contributed by atoms with E-state index in [-0.39, 0.29) is 23.2 Å². The molecule has 1 aliphatic heterocycles. The van der Waals surface area contributed by atoms with Crippen LogP contribution in [0, 0.1) is 17.7 Å². The maximum Gasteiger partial charge on any atom is 0.410 e. The highest BCUT2D eigenvalue weighted by Gasteiger charge is 2.59. The molecule has 0 radical (unpaired) electrons. The highest BCUT2D eigenvalue weighted by atomic mass is 35.5. The molecule has 6 rings (SSSR count). The number of amides is 1. The molecule has 8 nitrogen and oxygen atoms in total. The quantitative estimate of drug-likeness (QED) is 0.576. The van der Waals surface area contributed by atoms with Crippen molar-refractivity contribution in [2.24, 2.45) is 11.8 Å². The first-order chi connectivity index (χ1) is 14.2. The van der Waals surface area contributed by atoms with E-state index in [0.717, 1.165) is 18.5 Å². The number of pyridine rings is 1. The van der Waals surface area contributed by atoms with E-state index in [1.54, 1.807) is 9.58 Å². The van der Waals surface area contributed by atoms with Gasteiger partial charge in [0.25, 0.3) is 0 Å². The van der Waals surface area contributed by atoms with Gasteiger partial charge in [0.1, 0.15) is 17.4 Å². The van der Waals surface area contributed by atoms with Gasteiger partial charge in [-0.3, -0.25) is 4.68 Å². The van der Waals surface area contributed by atoms with Crippen LogP contribution >= 0.6 is 11.6 Å². The maximum atomic E-state index is 15.2. The molecule has 0 bridgehead atoms. The number of nitrogens with zero attached hydrogens (tertiary/aromatic N) is 6. The number of carbonyl (C=O) groups is 1. The number of halogens is 2. The van der Waals surface area contributed by atoms with Crippen molar-refractivity contribution in [1.82, 2.24) is 29.3 Å². The minimum absolute atomic E-state index is 0.0737. The van der Waals surface area contributed by atoms with E-state index < -0.39 is 11.4 Å². The minimum Gasteiger partial charge on any atom is -0.444 e. The molecule has 1 amide bonds. The fourth-order valence-electron chi connectivity index (χ4n) is 4.85. The number of piperidine rings is 1. The zero-order valence-corrected chi connectivity index (χ0v) is 17.7. The lowest BCUT2D eigenvalue weighted by atomic mass is 10.1. The summed E-state index contributed by atoms with van der Waals surface area (Å²) in [7, 11) is 0. The van der Waals surface area contributed by atoms with Crippen LogP contribution in [0.15, 0.2) is 6.33 Å². The third-order valence-corrected chi connectivity index (χ3v) is 6.66. The molecule has 3 aromatic heterocycles. The number of aromatic nitrogens is 5. The predicted molar refractivity (Wildman–Crippen MR) is 107 cm³/mol. The molecule has 10 heteroatoms. The van der Waals surface area contributed by atoms with E-state index in [0.29, 0.717) is 41.5 Å². The van der Waals surface area contributed by atoms with Gasteiger partial charge in [0.15, 0.2) is 16.6 Å². The smallest absolute Gasteiger partial charge is 0.410 e. The minimum atomic E-state index is -0.515. The molecule has 3 aromatic rings. The molecule has 0 N–H and O–H groups in total. The summed E-state index contributed by atoms with van der Waals surface area (Å²) < 4.78 is 23.9. The Hall–Kier alpha value is -2.42. The molecule has 1 unspecified atom stereocenters. The second kappa shape index (κ2) is 5.84. The summed E-state index contributed by atoms with van der Waals surface area (Å²) in [5, 5.41) is 9.57. The first-order valence-electron chi connectivity index (χ1n) is 10.3. The number of likely N-dealkylation sites (tertiary alicyclic amines) is 1. The second-order valence-electron chi connectivity index (χ2n) is 9.62. The summed E-state index contributed by atoms with van der Waals surface area (Å²) in [6, 6.07) is 0.203. The van der Waals surface area contributed by atoms with Crippen LogP contribution in [-0.2, 0) is 4.74 Å². The van der Waals surface area contributed by atoms with E-state index in [9.17, 15) is 4.79 Å². The van der Waals surface area contributed by atoms with Crippen molar-refractivity contribution in [3.8, 4) is 0 Å². The fraction of sp³-hybridized carbons (Fsp3) is 0.600. The van der Waals surface area contributed by atoms with E-state index in [2.05, 4.69) is 10.1 Å². The Morgan fingerprint density at radius 3 is 2.60 bits per heavy atom. The third-order valence-electron chi connectivity index (χ3n) is 6.34. The molecule has 3 aliphatic rings. The average Bonchev–Trinajstić information content (AvgIpc) is 3.43. The monoisotopic (exact) mass is 432 g/mol. The summed E-state index contributed by atoms with van der Waals surface area (Å²) in [5.74, 6) is 0.263. The molecule has 30 heavy (non-hydrogen) atoms. The van der Waals surface area contributed by atoms with Crippen LogP contribution in [0.25, 0.3) is 16.6 Å². The predicted octanol–water partition coefficient (Wildman–Crippen LogP) is 3.79. The molecule has 0 aromatic carbocycles. The van der Waals surface area contributed by atoms with Gasteiger partial charge in [-0.2, -0.15) is 14.7 Å². The standard InChI is InChI=1S/C20H22ClFN6O2/c1-20(2,3)30-19(29)26-6-10-11(7-26)12(10)15-13-16(27(25-15)9-4-5-9)14(22)17(21)28-18(13)23-8-24-28/h8-12H,4-7H2,1-3H3/t10-,11+,12?. The maximum absolute atomic E-state index is 15.2. The van der Waals surface area contributed by atoms with Gasteiger partial charge in [0.05, 0.1) is 17.1 Å². The SMILES string of the molecule is CC(C)(C)OC(=O)N1C[C@@H]2C(c3nn(C4CC4)c4c(F)c(Cl)n5ncnc5c34)[C@@H]2C1. The fourth-order valence-corrected chi connectivity index (χ4v) is 5.07. The van der Waals surface area contributed by atoms with E-state index in [4.69, 9.17) is 21.4 Å². The van der Waals surface area contributed by atoms with Gasteiger partial charge in [0.2, 0.25) is 0 Å². The van der Waals surface area contributed by atoms with Crippen LogP contribution in [-0.4, -0.2) is 54.1 Å². The first kappa shape index (κ1) is 18.4. The Morgan fingerprint density at radius 2 is 1.97 bits per heavy atom. The van der Waals surface area contributed by atoms with Crippen molar-refractivity contribution in [2.75, 3.05) is 13.1 Å². The molecule has 0 spiro atoms. The van der Waals surface area contributed by atoms with Gasteiger partial charge in [-0.25, -0.2) is 14.2 Å². The highest BCUT2D eigenvalue weighted by Crippen LogP contribution is 2.60. The van der Waals surface area contributed by atoms with Gasteiger partial charge < -0.3 is 9.64 Å². The Balaban J connectivity index is 1.38. The molecular formula is C20H22ClFN6O2. The number of hydrogen-bond donors (Lipinski definition) is 0. The molecule has 4 heterocycles. The average molecular weight is 433 g/mol. The highest BCUT2D eigenvalue weighted by molar-refractivity contribution is 6.30. The van der Waals surface area contributed by atoms with Crippen LogP contribution in [0.4, 0.5) is 9.18 Å². The lowest BCUT2D eigenvalue weighted by molar-refractivity contribution is 0.0271. The summed E-state index contributed by atoms with van der Waals surface area (Å²) in [4.78, 5) is 18.5. The van der Waals surface area contributed by atoms with Crippen LogP contribution in [0.1, 0.15) is 51.3 Å². The topological polar surface area (TPSA) is 77.5 Å². The largest absolute Gasteiger partial charge is 0.444 e. The molecular weight excluding hydrogens is 411 g/mol. The molecule has 2 saturated carbocycles. The van der Waals surface area contributed by atoms with Gasteiger partial charge in [-0.1, -0.05) is 11.6 Å². The number of hydrogen-bond acceptors (Lipinski definition) is 5. The Labute approximate surface area is 176 Å². The second-order valence-corrected chi connectivity index (χ2v) is 9.98. The number of rotatable bonds is 2. The Morgan fingerprint density at radius 1 is 1.27 bits per heavy atom. The van der Waals surface area contributed by atoms with Gasteiger partial charge in [-0.05, 0) is 45.4 Å². The van der Waals surface area contributed by atoms with Crippen molar-refractivity contribution < 1.29 is 13.9 Å². The van der Waals surface area contributed by atoms with Crippen LogP contribution < -0.4 is 0 Å². The summed E-state index contributed by atoms with van der Waals surface area (Å²) in [5.41, 5.74) is 1.29. The number of carbonyl (C=O) groups excluding carboxylic acids is 1. The summed E-state index contributed by atoms with van der Waals surface area (Å²) in [6.07, 6.45) is 3.07. The van der Waals surface area contributed by atoms with Crippen molar-refractivity contribution in [3.63, 3.8) is 0 Å². The zero-order valence-electron chi connectivity index (χ0n) is 17.0. The molecule has 2 aliphatic carbocycles. The van der Waals surface area contributed by atoms with Crippen molar-refractivity contribution in [1.29, 1.82) is 0 Å². The summed E-state index contributed by atoms with van der Waals surface area (Å²) >= 11 is 6.24. The Kier molecular flexibility index (Phi) is 3.57. The number of fused-ring (bicyclic) bond motifs is 4. The first-order valence-corrected chi connectivity index (χ1v) is 10.7. The zero-order chi connectivity index (χ0) is 20.9. The van der Waals surface area contributed by atoms with Crippen LogP contribution in [0.3, 0.4) is 0 Å². The van der Waals surface area contributed by atoms with E-state index >= 15 is 4.39 Å². The molecule has 158 valence electrons. The van der Waals surface area contributed by atoms with E-state index in [1.807, 2.05) is 20.8 Å². The van der Waals surface area contributed by atoms with Gasteiger partial charge >= 0.3 is 6.09 Å². The lowest BCUT2D eigenvalue weighted by Gasteiger charge is -2.25. The van der Waals surface area contributed by atoms with Crippen LogP contribution in [0.2, 0.25) is 5.15 Å². The molecule has 3 fully saturated rings. The molecule has 3 atom stereocenters. The van der Waals surface area contributed by atoms with Gasteiger partial charge in [0, 0.05) is 19.0 Å². The van der Waals surface area contributed by atoms with Crippen molar-refractivity contribution >= 4 is 34.2 Å². The normalized spacial score (nSPS) is 25.9. The van der Waals surface area contributed by atoms with Crippen molar-refractivity contribution in [2.45, 2.75) is 51.2 Å². The molecule has 1 saturated heterocycles. The number of ether oxygens (including phenoxy) is 1. The lowest BCUT2D eigenvalue weighted by Crippen LogP contribution is -2.36. The van der Waals surface area contributed by atoms with E-state index in [1.165, 1.54) is 10.8 Å². The summed E-state index contributed by atoms with van der Waals surface area (Å²) in [6.45, 7) is 6.85. The Bertz CT molecular complexity index is 1200. The van der Waals surface area contributed by atoms with Crippen molar-refractivity contribution in [3.05, 3.63) is 23.0 Å². The third kappa shape index (κ3) is 2.57.